The van der Waals surface area contributed by atoms with Gasteiger partial charge < -0.3 is 9.97 Å². The first-order valence-corrected chi connectivity index (χ1v) is 6.98. The Bertz CT molecular complexity index is 626. The Morgan fingerprint density at radius 1 is 0.950 bits per heavy atom. The van der Waals surface area contributed by atoms with Crippen molar-refractivity contribution in [2.45, 2.75) is 25.7 Å². The summed E-state index contributed by atoms with van der Waals surface area (Å²) < 4.78 is 0. The molecular formula is C16H18N4. The molecule has 0 bridgehead atoms. The molecular weight excluding hydrogens is 248 g/mol. The highest BCUT2D eigenvalue weighted by molar-refractivity contribution is 5.57. The van der Waals surface area contributed by atoms with Crippen molar-refractivity contribution < 1.29 is 0 Å². The number of hydrogen-bond acceptors (Lipinski definition) is 2. The molecule has 2 aromatic heterocycles. The summed E-state index contributed by atoms with van der Waals surface area (Å²) in [6.45, 7) is 0. The number of aromatic amines is 2. The molecule has 2 N–H and O–H groups in total. The Kier molecular flexibility index (Phi) is 3.92. The second kappa shape index (κ2) is 6.19. The molecule has 0 fully saturated rings. The predicted octanol–water partition coefficient (Wildman–Crippen LogP) is 3.37. The topological polar surface area (TPSA) is 57.4 Å². The van der Waals surface area contributed by atoms with Crippen LogP contribution in [0.2, 0.25) is 0 Å². The second-order valence-electron chi connectivity index (χ2n) is 4.89. The van der Waals surface area contributed by atoms with Crippen LogP contribution in [0.1, 0.15) is 24.4 Å². The fraction of sp³-hybridized carbons (Fsp3) is 0.250. The molecule has 1 aromatic carbocycles. The average molecular weight is 266 g/mol. The van der Waals surface area contributed by atoms with E-state index in [-0.39, 0.29) is 0 Å². The van der Waals surface area contributed by atoms with Crippen molar-refractivity contribution in [3.63, 3.8) is 0 Å². The van der Waals surface area contributed by atoms with Crippen LogP contribution in [-0.4, -0.2) is 19.9 Å². The summed E-state index contributed by atoms with van der Waals surface area (Å²) >= 11 is 0. The number of imidazole rings is 2. The van der Waals surface area contributed by atoms with E-state index < -0.39 is 0 Å². The van der Waals surface area contributed by atoms with Crippen molar-refractivity contribution in [3.8, 4) is 11.3 Å². The summed E-state index contributed by atoms with van der Waals surface area (Å²) in [4.78, 5) is 15.0. The highest BCUT2D eigenvalue weighted by atomic mass is 14.9. The molecule has 4 nitrogen and oxygen atoms in total. The molecule has 0 atom stereocenters. The van der Waals surface area contributed by atoms with E-state index in [1.165, 1.54) is 11.3 Å². The molecule has 2 heterocycles. The molecule has 0 aliphatic heterocycles. The highest BCUT2D eigenvalue weighted by Gasteiger charge is 2.03. The Morgan fingerprint density at radius 3 is 2.60 bits per heavy atom. The number of hydrogen-bond donors (Lipinski definition) is 2. The number of H-pyrrole nitrogens is 2. The standard InChI is InChI=1S/C16H18N4/c1-2-6-13(7-3-1)15-11-18-16(20-15)9-5-4-8-14-10-17-12-19-14/h1-3,6-7,10-12H,4-5,8-9H2,(H,17,19)(H,18,20). The molecule has 0 spiro atoms. The molecule has 0 amide bonds. The lowest BCUT2D eigenvalue weighted by molar-refractivity contribution is 0.706. The van der Waals surface area contributed by atoms with Crippen molar-refractivity contribution in [2.24, 2.45) is 0 Å². The first kappa shape index (κ1) is 12.7. The third-order valence-electron chi connectivity index (χ3n) is 3.38. The van der Waals surface area contributed by atoms with Gasteiger partial charge in [-0.25, -0.2) is 9.97 Å². The van der Waals surface area contributed by atoms with Crippen LogP contribution < -0.4 is 0 Å². The van der Waals surface area contributed by atoms with E-state index in [1.54, 1.807) is 6.33 Å². The predicted molar refractivity (Wildman–Crippen MR) is 79.3 cm³/mol. The van der Waals surface area contributed by atoms with E-state index in [0.717, 1.165) is 37.2 Å². The van der Waals surface area contributed by atoms with Crippen molar-refractivity contribution in [1.29, 1.82) is 0 Å². The van der Waals surface area contributed by atoms with E-state index in [2.05, 4.69) is 32.1 Å². The number of nitrogens with zero attached hydrogens (tertiary/aromatic N) is 2. The molecule has 3 aromatic rings. The number of aryl methyl sites for hydroxylation is 2. The molecule has 0 saturated carbocycles. The minimum absolute atomic E-state index is 0.987. The Balaban J connectivity index is 1.50. The van der Waals surface area contributed by atoms with Gasteiger partial charge in [0.2, 0.25) is 0 Å². The molecule has 102 valence electrons. The van der Waals surface area contributed by atoms with Crippen LogP contribution in [0, 0.1) is 0 Å². The second-order valence-corrected chi connectivity index (χ2v) is 4.89. The molecule has 20 heavy (non-hydrogen) atoms. The van der Waals surface area contributed by atoms with Gasteiger partial charge in [-0.15, -0.1) is 0 Å². The summed E-state index contributed by atoms with van der Waals surface area (Å²) in [5, 5.41) is 0. The lowest BCUT2D eigenvalue weighted by Gasteiger charge is -1.98. The van der Waals surface area contributed by atoms with E-state index >= 15 is 0 Å². The van der Waals surface area contributed by atoms with Gasteiger partial charge in [0.25, 0.3) is 0 Å². The minimum Gasteiger partial charge on any atom is -0.348 e. The summed E-state index contributed by atoms with van der Waals surface area (Å²) in [5.41, 5.74) is 3.48. The molecule has 0 unspecified atom stereocenters. The van der Waals surface area contributed by atoms with Gasteiger partial charge in [0.15, 0.2) is 0 Å². The zero-order valence-corrected chi connectivity index (χ0v) is 11.3. The number of nitrogens with one attached hydrogen (secondary N) is 2. The largest absolute Gasteiger partial charge is 0.348 e. The van der Waals surface area contributed by atoms with Crippen LogP contribution in [0.4, 0.5) is 0 Å². The molecule has 0 aliphatic rings. The molecule has 0 saturated heterocycles. The third-order valence-corrected chi connectivity index (χ3v) is 3.38. The van der Waals surface area contributed by atoms with Crippen LogP contribution in [0.25, 0.3) is 11.3 Å². The highest BCUT2D eigenvalue weighted by Crippen LogP contribution is 2.16. The molecule has 4 heteroatoms. The Labute approximate surface area is 118 Å². The summed E-state index contributed by atoms with van der Waals surface area (Å²) in [6, 6.07) is 10.3. The molecule has 0 aliphatic carbocycles. The summed E-state index contributed by atoms with van der Waals surface area (Å²) in [6.07, 6.45) is 9.84. The van der Waals surface area contributed by atoms with Crippen molar-refractivity contribution in [1.82, 2.24) is 19.9 Å². The fourth-order valence-electron chi connectivity index (χ4n) is 2.28. The van der Waals surface area contributed by atoms with Gasteiger partial charge in [0, 0.05) is 18.3 Å². The van der Waals surface area contributed by atoms with E-state index in [9.17, 15) is 0 Å². The molecule has 0 radical (unpaired) electrons. The average Bonchev–Trinajstić information content (AvgIpc) is 3.16. The van der Waals surface area contributed by atoms with Gasteiger partial charge in [-0.2, -0.15) is 0 Å². The SMILES string of the molecule is c1ccc(-c2cnc(CCCCc3cnc[nH]3)[nH]2)cc1. The van der Waals surface area contributed by atoms with Crippen LogP contribution in [0.15, 0.2) is 49.1 Å². The monoisotopic (exact) mass is 266 g/mol. The lowest BCUT2D eigenvalue weighted by atomic mass is 10.1. The normalized spacial score (nSPS) is 10.8. The Morgan fingerprint density at radius 2 is 1.80 bits per heavy atom. The Hall–Kier alpha value is -2.36. The quantitative estimate of drug-likeness (QED) is 0.672. The van der Waals surface area contributed by atoms with E-state index in [1.807, 2.05) is 30.6 Å². The lowest BCUT2D eigenvalue weighted by Crippen LogP contribution is -1.91. The third kappa shape index (κ3) is 3.15. The number of unbranched alkanes of at least 4 members (excludes halogenated alkanes) is 1. The maximum Gasteiger partial charge on any atom is 0.106 e. The zero-order chi connectivity index (χ0) is 13.6. The number of rotatable bonds is 6. The van der Waals surface area contributed by atoms with Gasteiger partial charge in [0.05, 0.1) is 18.2 Å². The van der Waals surface area contributed by atoms with Crippen LogP contribution in [0.3, 0.4) is 0 Å². The first-order valence-electron chi connectivity index (χ1n) is 6.98. The smallest absolute Gasteiger partial charge is 0.106 e. The van der Waals surface area contributed by atoms with Gasteiger partial charge >= 0.3 is 0 Å². The van der Waals surface area contributed by atoms with Gasteiger partial charge in [-0.05, 0) is 24.8 Å². The maximum atomic E-state index is 4.45. The summed E-state index contributed by atoms with van der Waals surface area (Å²) in [7, 11) is 0. The zero-order valence-electron chi connectivity index (χ0n) is 11.3. The van der Waals surface area contributed by atoms with Gasteiger partial charge in [0.1, 0.15) is 5.82 Å². The van der Waals surface area contributed by atoms with E-state index in [0.29, 0.717) is 0 Å². The van der Waals surface area contributed by atoms with Gasteiger partial charge in [-0.3, -0.25) is 0 Å². The summed E-state index contributed by atoms with van der Waals surface area (Å²) in [5.74, 6) is 1.06. The number of benzene rings is 1. The van der Waals surface area contributed by atoms with Crippen LogP contribution >= 0.6 is 0 Å². The van der Waals surface area contributed by atoms with Crippen molar-refractivity contribution >= 4 is 0 Å². The minimum atomic E-state index is 0.987. The fourth-order valence-corrected chi connectivity index (χ4v) is 2.28. The van der Waals surface area contributed by atoms with Crippen molar-refractivity contribution in [2.75, 3.05) is 0 Å². The van der Waals surface area contributed by atoms with Gasteiger partial charge in [-0.1, -0.05) is 30.3 Å². The van der Waals surface area contributed by atoms with E-state index in [4.69, 9.17) is 0 Å². The van der Waals surface area contributed by atoms with Crippen LogP contribution in [0.5, 0.6) is 0 Å². The first-order chi connectivity index (χ1) is 9.92. The maximum absolute atomic E-state index is 4.45. The van der Waals surface area contributed by atoms with Crippen LogP contribution in [-0.2, 0) is 12.8 Å². The number of aromatic nitrogens is 4. The molecule has 3 rings (SSSR count). The van der Waals surface area contributed by atoms with Crippen molar-refractivity contribution in [3.05, 3.63) is 60.6 Å².